The molecule has 1 N–H and O–H groups in total. The van der Waals surface area contributed by atoms with Gasteiger partial charge in [0.1, 0.15) is 0 Å². The Kier molecular flexibility index (Phi) is 3.62. The zero-order valence-electron chi connectivity index (χ0n) is 10.5. The molecule has 0 saturated carbocycles. The van der Waals surface area contributed by atoms with E-state index in [9.17, 15) is 0 Å². The normalized spacial score (nSPS) is 24.3. The van der Waals surface area contributed by atoms with Crippen LogP contribution in [0.3, 0.4) is 0 Å². The molecule has 0 spiro atoms. The Morgan fingerprint density at radius 1 is 1.31 bits per heavy atom. The summed E-state index contributed by atoms with van der Waals surface area (Å²) in [4.78, 5) is 2.58. The minimum atomic E-state index is 0.526. The van der Waals surface area contributed by atoms with E-state index in [4.69, 9.17) is 0 Å². The summed E-state index contributed by atoms with van der Waals surface area (Å²) in [5.41, 5.74) is 2.77. The van der Waals surface area contributed by atoms with Gasteiger partial charge in [0.25, 0.3) is 0 Å². The summed E-state index contributed by atoms with van der Waals surface area (Å²) >= 11 is 0. The first kappa shape index (κ1) is 11.6. The van der Waals surface area contributed by atoms with E-state index in [0.717, 1.165) is 19.6 Å². The Balaban J connectivity index is 2.11. The highest BCUT2D eigenvalue weighted by Gasteiger charge is 2.23. The van der Waals surface area contributed by atoms with Gasteiger partial charge in [0.15, 0.2) is 0 Å². The van der Waals surface area contributed by atoms with Crippen LogP contribution in [-0.2, 0) is 0 Å². The second-order valence-electron chi connectivity index (χ2n) is 4.88. The van der Waals surface area contributed by atoms with Crippen molar-refractivity contribution in [2.45, 2.75) is 32.9 Å². The molecule has 2 atom stereocenters. The highest BCUT2D eigenvalue weighted by Crippen LogP contribution is 2.23. The number of nitrogens with zero attached hydrogens (tertiary/aromatic N) is 1. The number of hydrogen-bond donors (Lipinski definition) is 1. The second kappa shape index (κ2) is 4.98. The average Bonchev–Trinajstić information content (AvgIpc) is 2.30. The van der Waals surface area contributed by atoms with Gasteiger partial charge in [-0.1, -0.05) is 29.8 Å². The smallest absolute Gasteiger partial charge is 0.0323 e. The molecule has 2 unspecified atom stereocenters. The molecule has 0 aromatic heterocycles. The Bertz CT molecular complexity index is 331. The van der Waals surface area contributed by atoms with Crippen LogP contribution in [0.4, 0.5) is 0 Å². The van der Waals surface area contributed by atoms with E-state index >= 15 is 0 Å². The summed E-state index contributed by atoms with van der Waals surface area (Å²) in [7, 11) is 0. The third-order valence-corrected chi connectivity index (χ3v) is 3.61. The van der Waals surface area contributed by atoms with E-state index in [1.165, 1.54) is 11.1 Å². The first-order chi connectivity index (χ1) is 7.68. The summed E-state index contributed by atoms with van der Waals surface area (Å²) in [6.45, 7) is 10.1. The van der Waals surface area contributed by atoms with Crippen LogP contribution in [0.2, 0.25) is 0 Å². The van der Waals surface area contributed by atoms with Crippen molar-refractivity contribution in [3.8, 4) is 0 Å². The zero-order valence-corrected chi connectivity index (χ0v) is 10.5. The largest absolute Gasteiger partial charge is 0.314 e. The molecule has 1 aliphatic heterocycles. The molecule has 0 bridgehead atoms. The first-order valence-electron chi connectivity index (χ1n) is 6.21. The third kappa shape index (κ3) is 2.45. The van der Waals surface area contributed by atoms with Crippen LogP contribution in [0.5, 0.6) is 0 Å². The Labute approximate surface area is 98.7 Å². The lowest BCUT2D eigenvalue weighted by Crippen LogP contribution is -2.50. The monoisotopic (exact) mass is 218 g/mol. The van der Waals surface area contributed by atoms with E-state index in [1.807, 2.05) is 0 Å². The Hall–Kier alpha value is -0.860. The van der Waals surface area contributed by atoms with Crippen molar-refractivity contribution in [3.63, 3.8) is 0 Å². The number of hydrogen-bond acceptors (Lipinski definition) is 2. The molecule has 2 nitrogen and oxygen atoms in total. The minimum absolute atomic E-state index is 0.526. The van der Waals surface area contributed by atoms with Crippen LogP contribution in [0, 0.1) is 6.92 Å². The fourth-order valence-electron chi connectivity index (χ4n) is 2.47. The fourth-order valence-corrected chi connectivity index (χ4v) is 2.47. The lowest BCUT2D eigenvalue weighted by Gasteiger charge is -2.38. The van der Waals surface area contributed by atoms with E-state index in [0.29, 0.717) is 12.1 Å². The third-order valence-electron chi connectivity index (χ3n) is 3.61. The maximum atomic E-state index is 3.44. The molecule has 1 aromatic rings. The van der Waals surface area contributed by atoms with Crippen LogP contribution in [0.1, 0.15) is 31.0 Å². The molecule has 0 radical (unpaired) electrons. The lowest BCUT2D eigenvalue weighted by atomic mass is 10.0. The van der Waals surface area contributed by atoms with Crippen molar-refractivity contribution in [3.05, 3.63) is 35.4 Å². The maximum Gasteiger partial charge on any atom is 0.0323 e. The van der Waals surface area contributed by atoms with E-state index in [1.54, 1.807) is 0 Å². The molecule has 1 aliphatic rings. The predicted octanol–water partition coefficient (Wildman–Crippen LogP) is 2.35. The van der Waals surface area contributed by atoms with E-state index in [-0.39, 0.29) is 0 Å². The van der Waals surface area contributed by atoms with Crippen LogP contribution in [0.25, 0.3) is 0 Å². The second-order valence-corrected chi connectivity index (χ2v) is 4.88. The number of piperazine rings is 1. The number of nitrogens with one attached hydrogen (secondary N) is 1. The molecule has 0 aliphatic carbocycles. The highest BCUT2D eigenvalue weighted by molar-refractivity contribution is 5.24. The van der Waals surface area contributed by atoms with Crippen molar-refractivity contribution < 1.29 is 0 Å². The van der Waals surface area contributed by atoms with Gasteiger partial charge in [-0.15, -0.1) is 0 Å². The van der Waals surface area contributed by atoms with Gasteiger partial charge in [-0.25, -0.2) is 0 Å². The predicted molar refractivity (Wildman–Crippen MR) is 68.6 cm³/mol. The molecule has 16 heavy (non-hydrogen) atoms. The molecule has 1 aromatic carbocycles. The van der Waals surface area contributed by atoms with Gasteiger partial charge in [0, 0.05) is 31.7 Å². The summed E-state index contributed by atoms with van der Waals surface area (Å²) in [5, 5.41) is 3.44. The molecule has 2 rings (SSSR count). The summed E-state index contributed by atoms with van der Waals surface area (Å²) in [5.74, 6) is 0. The summed E-state index contributed by atoms with van der Waals surface area (Å²) in [6.07, 6.45) is 0. The van der Waals surface area contributed by atoms with Crippen molar-refractivity contribution in [1.29, 1.82) is 0 Å². The Morgan fingerprint density at radius 3 is 2.62 bits per heavy atom. The van der Waals surface area contributed by atoms with Gasteiger partial charge in [-0.3, -0.25) is 4.90 Å². The van der Waals surface area contributed by atoms with E-state index < -0.39 is 0 Å². The van der Waals surface area contributed by atoms with Crippen LogP contribution >= 0.6 is 0 Å². The number of benzene rings is 1. The highest BCUT2D eigenvalue weighted by atomic mass is 15.2. The Morgan fingerprint density at radius 2 is 2.00 bits per heavy atom. The van der Waals surface area contributed by atoms with Crippen molar-refractivity contribution in [2.24, 2.45) is 0 Å². The zero-order chi connectivity index (χ0) is 11.5. The van der Waals surface area contributed by atoms with Crippen LogP contribution in [0.15, 0.2) is 24.3 Å². The molecule has 1 fully saturated rings. The molecule has 0 amide bonds. The maximum absolute atomic E-state index is 3.44. The molecule has 1 saturated heterocycles. The first-order valence-corrected chi connectivity index (χ1v) is 6.21. The van der Waals surface area contributed by atoms with Gasteiger partial charge in [-0.05, 0) is 26.3 Å². The molecule has 1 heterocycles. The van der Waals surface area contributed by atoms with Crippen molar-refractivity contribution >= 4 is 0 Å². The van der Waals surface area contributed by atoms with Crippen molar-refractivity contribution in [2.75, 3.05) is 19.6 Å². The lowest BCUT2D eigenvalue weighted by molar-refractivity contribution is 0.126. The van der Waals surface area contributed by atoms with Crippen LogP contribution < -0.4 is 5.32 Å². The summed E-state index contributed by atoms with van der Waals surface area (Å²) < 4.78 is 0. The standard InChI is InChI=1S/C14H22N2/c1-11-4-6-14(7-5-11)13(3)16-9-8-15-10-12(16)2/h4-7,12-13,15H,8-10H2,1-3H3. The van der Waals surface area contributed by atoms with Gasteiger partial charge in [-0.2, -0.15) is 0 Å². The molecular weight excluding hydrogens is 196 g/mol. The molecule has 2 heteroatoms. The van der Waals surface area contributed by atoms with Gasteiger partial charge < -0.3 is 5.32 Å². The van der Waals surface area contributed by atoms with Gasteiger partial charge in [0.2, 0.25) is 0 Å². The molecular formula is C14H22N2. The van der Waals surface area contributed by atoms with Crippen molar-refractivity contribution in [1.82, 2.24) is 10.2 Å². The van der Waals surface area contributed by atoms with Gasteiger partial charge >= 0.3 is 0 Å². The van der Waals surface area contributed by atoms with E-state index in [2.05, 4.69) is 55.3 Å². The SMILES string of the molecule is Cc1ccc(C(C)N2CCNCC2C)cc1. The number of rotatable bonds is 2. The summed E-state index contributed by atoms with van der Waals surface area (Å²) in [6, 6.07) is 10.1. The average molecular weight is 218 g/mol. The quantitative estimate of drug-likeness (QED) is 0.819. The van der Waals surface area contributed by atoms with Gasteiger partial charge in [0.05, 0.1) is 0 Å². The number of aryl methyl sites for hydroxylation is 1. The topological polar surface area (TPSA) is 15.3 Å². The fraction of sp³-hybridized carbons (Fsp3) is 0.571. The minimum Gasteiger partial charge on any atom is -0.314 e. The molecule has 88 valence electrons. The van der Waals surface area contributed by atoms with Crippen LogP contribution in [-0.4, -0.2) is 30.6 Å².